The van der Waals surface area contributed by atoms with Gasteiger partial charge in [0.25, 0.3) is 0 Å². The molecule has 0 spiro atoms. The van der Waals surface area contributed by atoms with Crippen LogP contribution in [0.5, 0.6) is 0 Å². The minimum Gasteiger partial charge on any atom is -0.357 e. The van der Waals surface area contributed by atoms with Crippen molar-refractivity contribution in [2.75, 3.05) is 28.2 Å². The predicted octanol–water partition coefficient (Wildman–Crippen LogP) is 0.701. The molecule has 0 aliphatic carbocycles. The molecule has 0 saturated carbocycles. The first-order valence-electron chi connectivity index (χ1n) is 15.1. The van der Waals surface area contributed by atoms with E-state index in [0.717, 1.165) is 0 Å². The highest BCUT2D eigenvalue weighted by molar-refractivity contribution is 6.02. The first-order chi connectivity index (χ1) is 20.2. The monoisotopic (exact) mass is 625 g/mol. The molecule has 8 amide bonds. The second kappa shape index (κ2) is 18.2. The Balaban J connectivity index is 5.77. The summed E-state index contributed by atoms with van der Waals surface area (Å²) in [6, 6.07) is -5.45. The largest absolute Gasteiger partial charge is 0.357 e. The van der Waals surface area contributed by atoms with Crippen molar-refractivity contribution < 1.29 is 33.6 Å². The fraction of sp³-hybridized carbons (Fsp3) is 0.767. The molecule has 0 fully saturated rings. The van der Waals surface area contributed by atoms with Gasteiger partial charge < -0.3 is 30.7 Å². The van der Waals surface area contributed by atoms with Gasteiger partial charge in [-0.3, -0.25) is 34.1 Å². The molecule has 0 aromatic heterocycles. The van der Waals surface area contributed by atoms with Crippen molar-refractivity contribution in [3.05, 3.63) is 0 Å². The summed E-state index contributed by atoms with van der Waals surface area (Å²) in [6.07, 6.45) is 0.625. The van der Waals surface area contributed by atoms with Gasteiger partial charge >= 0.3 is 6.03 Å². The summed E-state index contributed by atoms with van der Waals surface area (Å²) in [7, 11) is 5.84. The molecular formula is C30H55N7O7. The van der Waals surface area contributed by atoms with Gasteiger partial charge in [0.1, 0.15) is 30.2 Å². The quantitative estimate of drug-likeness (QED) is 0.207. The highest BCUT2D eigenvalue weighted by Gasteiger charge is 2.36. The molecule has 5 atom stereocenters. The van der Waals surface area contributed by atoms with E-state index in [-0.39, 0.29) is 36.0 Å². The van der Waals surface area contributed by atoms with E-state index in [1.54, 1.807) is 20.8 Å². The van der Waals surface area contributed by atoms with Crippen LogP contribution in [0.15, 0.2) is 0 Å². The maximum absolute atomic E-state index is 13.6. The number of hydrogen-bond donors (Lipinski definition) is 4. The highest BCUT2D eigenvalue weighted by atomic mass is 16.2. The second-order valence-electron chi connectivity index (χ2n) is 12.5. The van der Waals surface area contributed by atoms with Gasteiger partial charge in [-0.25, -0.2) is 4.79 Å². The number of urea groups is 1. The van der Waals surface area contributed by atoms with Crippen molar-refractivity contribution in [2.45, 2.75) is 105 Å². The van der Waals surface area contributed by atoms with Gasteiger partial charge in [-0.15, -0.1) is 0 Å². The summed E-state index contributed by atoms with van der Waals surface area (Å²) >= 11 is 0. The summed E-state index contributed by atoms with van der Waals surface area (Å²) in [5.74, 6) is -3.51. The molecule has 4 N–H and O–H groups in total. The van der Waals surface area contributed by atoms with Crippen LogP contribution in [0, 0.1) is 17.8 Å². The van der Waals surface area contributed by atoms with Crippen LogP contribution >= 0.6 is 0 Å². The lowest BCUT2D eigenvalue weighted by molar-refractivity contribution is -0.145. The Bertz CT molecular complexity index is 1050. The molecule has 0 aliphatic rings. The van der Waals surface area contributed by atoms with E-state index in [1.165, 1.54) is 56.7 Å². The fourth-order valence-electron chi connectivity index (χ4n) is 4.36. The average Bonchev–Trinajstić information content (AvgIpc) is 2.93. The molecule has 1 unspecified atom stereocenters. The van der Waals surface area contributed by atoms with E-state index < -0.39 is 59.9 Å². The molecule has 0 bridgehead atoms. The van der Waals surface area contributed by atoms with Crippen LogP contribution < -0.4 is 21.3 Å². The Hall–Kier alpha value is -3.71. The summed E-state index contributed by atoms with van der Waals surface area (Å²) < 4.78 is 0. The predicted molar refractivity (Wildman–Crippen MR) is 167 cm³/mol. The van der Waals surface area contributed by atoms with Crippen LogP contribution in [0.4, 0.5) is 4.79 Å². The van der Waals surface area contributed by atoms with Crippen LogP contribution in [0.1, 0.15) is 75.2 Å². The van der Waals surface area contributed by atoms with Crippen molar-refractivity contribution in [3.63, 3.8) is 0 Å². The van der Waals surface area contributed by atoms with E-state index in [9.17, 15) is 33.6 Å². The molecule has 0 aliphatic heterocycles. The summed E-state index contributed by atoms with van der Waals surface area (Å²) in [5.41, 5.74) is 0. The number of nitrogens with one attached hydrogen (secondary N) is 4. The maximum Gasteiger partial charge on any atom is 0.318 e. The number of likely N-dealkylation sites (N-methyl/N-ethyl adjacent to an activating group) is 4. The van der Waals surface area contributed by atoms with Gasteiger partial charge in [0, 0.05) is 35.1 Å². The molecule has 14 nitrogen and oxygen atoms in total. The minimum atomic E-state index is -1.14. The van der Waals surface area contributed by atoms with Gasteiger partial charge in [0.05, 0.1) is 0 Å². The Morgan fingerprint density at radius 2 is 1.09 bits per heavy atom. The van der Waals surface area contributed by atoms with Crippen molar-refractivity contribution >= 4 is 41.5 Å². The second-order valence-corrected chi connectivity index (χ2v) is 12.5. The summed E-state index contributed by atoms with van der Waals surface area (Å²) in [4.78, 5) is 93.4. The van der Waals surface area contributed by atoms with Crippen LogP contribution in [-0.2, 0) is 28.8 Å². The molecule has 0 aromatic rings. The molecular weight excluding hydrogens is 570 g/mol. The smallest absolute Gasteiger partial charge is 0.318 e. The Morgan fingerprint density at radius 3 is 1.50 bits per heavy atom. The van der Waals surface area contributed by atoms with Crippen molar-refractivity contribution in [3.8, 4) is 0 Å². The maximum atomic E-state index is 13.6. The number of rotatable bonds is 15. The third-order valence-corrected chi connectivity index (χ3v) is 7.51. The molecule has 0 saturated heterocycles. The Labute approximate surface area is 262 Å². The Morgan fingerprint density at radius 1 is 0.614 bits per heavy atom. The molecule has 0 radical (unpaired) electrons. The van der Waals surface area contributed by atoms with Gasteiger partial charge in [0.2, 0.25) is 35.4 Å². The molecule has 0 rings (SSSR count). The zero-order valence-electron chi connectivity index (χ0n) is 28.7. The van der Waals surface area contributed by atoms with Crippen LogP contribution in [-0.4, -0.2) is 115 Å². The Kier molecular flexibility index (Phi) is 16.6. The van der Waals surface area contributed by atoms with Crippen molar-refractivity contribution in [1.82, 2.24) is 36.0 Å². The van der Waals surface area contributed by atoms with Crippen molar-refractivity contribution in [1.29, 1.82) is 0 Å². The van der Waals surface area contributed by atoms with E-state index in [4.69, 9.17) is 0 Å². The molecule has 0 aromatic carbocycles. The molecule has 14 heteroatoms. The van der Waals surface area contributed by atoms with Gasteiger partial charge in [0.15, 0.2) is 0 Å². The zero-order valence-corrected chi connectivity index (χ0v) is 28.7. The zero-order chi connectivity index (χ0) is 34.6. The molecule has 44 heavy (non-hydrogen) atoms. The first-order valence-corrected chi connectivity index (χ1v) is 15.1. The SMILES string of the molecule is CNC(=O)[C@H](CC(C)C)N(C)C(=O)NC(C)C(=O)NC(=O)[C@H](CC(C)C)N(C)C(=O)[C@@H](NC(=O)[C@H](C)N(C)C(C)=O)C(C)C. The number of imide groups is 1. The summed E-state index contributed by atoms with van der Waals surface area (Å²) in [6.45, 7) is 15.3. The standard InChI is InChI=1S/C30H55N7O7/c1-16(2)14-22(27(41)31-10)37(13)30(44)32-19(7)25(39)34-28(42)23(15-17(3)4)36(12)29(43)24(18(5)6)33-26(40)20(8)35(11)21(9)38/h16-20,22-24H,14-15H2,1-13H3,(H,31,41)(H,32,44)(H,33,40)(H,34,39,42)/t19?,20-,22-,23-,24-/m0/s1. The van der Waals surface area contributed by atoms with E-state index in [1.807, 2.05) is 27.7 Å². The van der Waals surface area contributed by atoms with Gasteiger partial charge in [-0.2, -0.15) is 0 Å². The normalized spacial score (nSPS) is 14.5. The number of carbonyl (C=O) groups excluding carboxylic acids is 7. The number of hydrogen-bond acceptors (Lipinski definition) is 7. The lowest BCUT2D eigenvalue weighted by Gasteiger charge is -2.34. The van der Waals surface area contributed by atoms with E-state index >= 15 is 0 Å². The fourth-order valence-corrected chi connectivity index (χ4v) is 4.36. The van der Waals surface area contributed by atoms with E-state index in [0.29, 0.717) is 6.42 Å². The van der Waals surface area contributed by atoms with E-state index in [2.05, 4.69) is 21.3 Å². The summed E-state index contributed by atoms with van der Waals surface area (Å²) in [5, 5.41) is 10.1. The lowest BCUT2D eigenvalue weighted by atomic mass is 9.98. The average molecular weight is 626 g/mol. The number of carbonyl (C=O) groups is 7. The van der Waals surface area contributed by atoms with Crippen LogP contribution in [0.25, 0.3) is 0 Å². The van der Waals surface area contributed by atoms with Crippen LogP contribution in [0.3, 0.4) is 0 Å². The number of amides is 8. The lowest BCUT2D eigenvalue weighted by Crippen LogP contribution is -2.59. The molecule has 252 valence electrons. The van der Waals surface area contributed by atoms with Crippen LogP contribution in [0.2, 0.25) is 0 Å². The van der Waals surface area contributed by atoms with Gasteiger partial charge in [-0.1, -0.05) is 41.5 Å². The highest BCUT2D eigenvalue weighted by Crippen LogP contribution is 2.16. The van der Waals surface area contributed by atoms with Crippen molar-refractivity contribution in [2.24, 2.45) is 17.8 Å². The first kappa shape index (κ1) is 40.3. The third kappa shape index (κ3) is 12.1. The third-order valence-electron chi connectivity index (χ3n) is 7.51. The molecule has 0 heterocycles. The number of nitrogens with zero attached hydrogens (tertiary/aromatic N) is 3. The van der Waals surface area contributed by atoms with Gasteiger partial charge in [-0.05, 0) is 44.4 Å². The minimum absolute atomic E-state index is 0.0409. The topological polar surface area (TPSA) is 177 Å².